The van der Waals surface area contributed by atoms with Crippen LogP contribution in [0.3, 0.4) is 0 Å². The van der Waals surface area contributed by atoms with Crippen molar-refractivity contribution in [3.05, 3.63) is 41.5 Å². The highest BCUT2D eigenvalue weighted by Gasteiger charge is 2.24. The van der Waals surface area contributed by atoms with Gasteiger partial charge in [0.15, 0.2) is 0 Å². The SMILES string of the molecule is C/C(C(N)=O)=C(\C(=O)N1CCNCC1)c1ccccc1. The molecule has 1 heterocycles. The number of rotatable bonds is 3. The average Bonchev–Trinajstić information content (AvgIpc) is 2.49. The van der Waals surface area contributed by atoms with Crippen molar-refractivity contribution in [2.24, 2.45) is 5.73 Å². The Kier molecular flexibility index (Phi) is 4.53. The number of nitrogens with one attached hydrogen (secondary N) is 1. The molecule has 5 nitrogen and oxygen atoms in total. The predicted octanol–water partition coefficient (Wildman–Crippen LogP) is 0.377. The monoisotopic (exact) mass is 273 g/mol. The summed E-state index contributed by atoms with van der Waals surface area (Å²) < 4.78 is 0. The molecule has 0 saturated carbocycles. The predicted molar refractivity (Wildman–Crippen MR) is 77.7 cm³/mol. The Labute approximate surface area is 118 Å². The first-order valence-electron chi connectivity index (χ1n) is 6.67. The van der Waals surface area contributed by atoms with Gasteiger partial charge < -0.3 is 16.0 Å². The van der Waals surface area contributed by atoms with Crippen molar-refractivity contribution in [1.29, 1.82) is 0 Å². The first-order valence-corrected chi connectivity index (χ1v) is 6.67. The second kappa shape index (κ2) is 6.34. The molecule has 1 aliphatic heterocycles. The zero-order valence-corrected chi connectivity index (χ0v) is 11.6. The summed E-state index contributed by atoms with van der Waals surface area (Å²) in [7, 11) is 0. The van der Waals surface area contributed by atoms with Crippen LogP contribution in [0.5, 0.6) is 0 Å². The van der Waals surface area contributed by atoms with E-state index in [0.717, 1.165) is 18.7 Å². The molecule has 5 heteroatoms. The van der Waals surface area contributed by atoms with Crippen LogP contribution in [0.1, 0.15) is 12.5 Å². The smallest absolute Gasteiger partial charge is 0.255 e. The number of primary amides is 1. The Morgan fingerprint density at radius 3 is 2.30 bits per heavy atom. The molecular weight excluding hydrogens is 254 g/mol. The third kappa shape index (κ3) is 3.05. The third-order valence-electron chi connectivity index (χ3n) is 3.43. The van der Waals surface area contributed by atoms with Crippen molar-refractivity contribution >= 4 is 17.4 Å². The average molecular weight is 273 g/mol. The van der Waals surface area contributed by atoms with E-state index >= 15 is 0 Å². The van der Waals surface area contributed by atoms with Gasteiger partial charge in [0.25, 0.3) is 5.91 Å². The number of nitrogens with two attached hydrogens (primary N) is 1. The minimum Gasteiger partial charge on any atom is -0.366 e. The molecular formula is C15H19N3O2. The van der Waals surface area contributed by atoms with Crippen molar-refractivity contribution in [2.45, 2.75) is 6.92 Å². The maximum atomic E-state index is 12.7. The van der Waals surface area contributed by atoms with Gasteiger partial charge in [0.1, 0.15) is 0 Å². The van der Waals surface area contributed by atoms with Gasteiger partial charge >= 0.3 is 0 Å². The van der Waals surface area contributed by atoms with E-state index in [9.17, 15) is 9.59 Å². The summed E-state index contributed by atoms with van der Waals surface area (Å²) in [5.41, 5.74) is 6.80. The fourth-order valence-electron chi connectivity index (χ4n) is 2.25. The van der Waals surface area contributed by atoms with Crippen molar-refractivity contribution < 1.29 is 9.59 Å². The number of hydrogen-bond donors (Lipinski definition) is 2. The summed E-state index contributed by atoms with van der Waals surface area (Å²) >= 11 is 0. The van der Waals surface area contributed by atoms with Gasteiger partial charge in [0, 0.05) is 31.8 Å². The van der Waals surface area contributed by atoms with E-state index in [4.69, 9.17) is 5.73 Å². The van der Waals surface area contributed by atoms with Crippen molar-refractivity contribution in [3.63, 3.8) is 0 Å². The Morgan fingerprint density at radius 2 is 1.75 bits per heavy atom. The molecule has 20 heavy (non-hydrogen) atoms. The Morgan fingerprint density at radius 1 is 1.15 bits per heavy atom. The summed E-state index contributed by atoms with van der Waals surface area (Å²) in [6, 6.07) is 9.20. The molecule has 0 bridgehead atoms. The Hall–Kier alpha value is -2.14. The minimum atomic E-state index is -0.563. The zero-order chi connectivity index (χ0) is 14.5. The van der Waals surface area contributed by atoms with Crippen molar-refractivity contribution in [2.75, 3.05) is 26.2 Å². The first-order chi connectivity index (χ1) is 9.61. The van der Waals surface area contributed by atoms with Crippen LogP contribution in [0.4, 0.5) is 0 Å². The fraction of sp³-hybridized carbons (Fsp3) is 0.333. The zero-order valence-electron chi connectivity index (χ0n) is 11.6. The molecule has 2 rings (SSSR count). The van der Waals surface area contributed by atoms with Crippen LogP contribution in [-0.2, 0) is 9.59 Å². The molecule has 106 valence electrons. The van der Waals surface area contributed by atoms with Gasteiger partial charge in [-0.25, -0.2) is 0 Å². The molecule has 0 aromatic heterocycles. The maximum Gasteiger partial charge on any atom is 0.255 e. The van der Waals surface area contributed by atoms with Crippen molar-refractivity contribution in [1.82, 2.24) is 10.2 Å². The molecule has 0 aliphatic carbocycles. The number of amides is 2. The van der Waals surface area contributed by atoms with Crippen LogP contribution in [0.25, 0.3) is 5.57 Å². The van der Waals surface area contributed by atoms with Crippen LogP contribution in [0.2, 0.25) is 0 Å². The molecule has 3 N–H and O–H groups in total. The quantitative estimate of drug-likeness (QED) is 0.782. The number of hydrogen-bond acceptors (Lipinski definition) is 3. The number of carbonyl (C=O) groups is 2. The minimum absolute atomic E-state index is 0.131. The number of piperazine rings is 1. The lowest BCUT2D eigenvalue weighted by atomic mass is 9.98. The van der Waals surface area contributed by atoms with Crippen LogP contribution in [0, 0.1) is 0 Å². The Balaban J connectivity index is 2.40. The molecule has 2 amide bonds. The molecule has 1 aromatic carbocycles. The highest BCUT2D eigenvalue weighted by molar-refractivity contribution is 6.25. The van der Waals surface area contributed by atoms with Gasteiger partial charge in [-0.1, -0.05) is 30.3 Å². The molecule has 0 spiro atoms. The molecule has 0 unspecified atom stereocenters. The lowest BCUT2D eigenvalue weighted by molar-refractivity contribution is -0.126. The van der Waals surface area contributed by atoms with Crippen LogP contribution >= 0.6 is 0 Å². The van der Waals surface area contributed by atoms with Gasteiger partial charge in [-0.15, -0.1) is 0 Å². The summed E-state index contributed by atoms with van der Waals surface area (Å²) in [5, 5.41) is 3.20. The van der Waals surface area contributed by atoms with E-state index in [-0.39, 0.29) is 5.91 Å². The molecule has 0 radical (unpaired) electrons. The van der Waals surface area contributed by atoms with Crippen molar-refractivity contribution in [3.8, 4) is 0 Å². The summed E-state index contributed by atoms with van der Waals surface area (Å²) in [6.45, 7) is 4.42. The van der Waals surface area contributed by atoms with E-state index in [1.54, 1.807) is 11.8 Å². The topological polar surface area (TPSA) is 75.4 Å². The Bertz CT molecular complexity index is 531. The molecule has 1 aliphatic rings. The first kappa shape index (κ1) is 14.3. The van der Waals surface area contributed by atoms with Crippen LogP contribution in [-0.4, -0.2) is 42.9 Å². The van der Waals surface area contributed by atoms with Gasteiger partial charge in [-0.05, 0) is 12.5 Å². The molecule has 0 atom stereocenters. The number of nitrogens with zero attached hydrogens (tertiary/aromatic N) is 1. The second-order valence-corrected chi connectivity index (χ2v) is 4.77. The number of benzene rings is 1. The lowest BCUT2D eigenvalue weighted by Crippen LogP contribution is -2.47. The fourth-order valence-corrected chi connectivity index (χ4v) is 2.25. The van der Waals surface area contributed by atoms with E-state index in [0.29, 0.717) is 24.2 Å². The molecule has 1 aromatic rings. The molecule has 1 fully saturated rings. The van der Waals surface area contributed by atoms with Gasteiger partial charge in [0.2, 0.25) is 5.91 Å². The van der Waals surface area contributed by atoms with E-state index < -0.39 is 5.91 Å². The van der Waals surface area contributed by atoms with Crippen LogP contribution < -0.4 is 11.1 Å². The highest BCUT2D eigenvalue weighted by Crippen LogP contribution is 2.21. The summed E-state index contributed by atoms with van der Waals surface area (Å²) in [6.07, 6.45) is 0. The second-order valence-electron chi connectivity index (χ2n) is 4.77. The standard InChI is InChI=1S/C15H19N3O2/c1-11(14(16)19)13(12-5-3-2-4-6-12)15(20)18-9-7-17-8-10-18/h2-6,17H,7-10H2,1H3,(H2,16,19)/b13-11+. The highest BCUT2D eigenvalue weighted by atomic mass is 16.2. The largest absolute Gasteiger partial charge is 0.366 e. The third-order valence-corrected chi connectivity index (χ3v) is 3.43. The van der Waals surface area contributed by atoms with Gasteiger partial charge in [-0.2, -0.15) is 0 Å². The van der Waals surface area contributed by atoms with Crippen LogP contribution in [0.15, 0.2) is 35.9 Å². The van der Waals surface area contributed by atoms with Gasteiger partial charge in [0.05, 0.1) is 5.57 Å². The maximum absolute atomic E-state index is 12.7. The summed E-state index contributed by atoms with van der Waals surface area (Å²) in [5.74, 6) is -0.693. The summed E-state index contributed by atoms with van der Waals surface area (Å²) in [4.78, 5) is 25.9. The van der Waals surface area contributed by atoms with Gasteiger partial charge in [-0.3, -0.25) is 9.59 Å². The van der Waals surface area contributed by atoms with E-state index in [2.05, 4.69) is 5.32 Å². The van der Waals surface area contributed by atoms with E-state index in [1.165, 1.54) is 0 Å². The lowest BCUT2D eigenvalue weighted by Gasteiger charge is -2.29. The number of carbonyl (C=O) groups excluding carboxylic acids is 2. The van der Waals surface area contributed by atoms with E-state index in [1.807, 2.05) is 30.3 Å². The molecule has 1 saturated heterocycles. The normalized spacial score (nSPS) is 16.6.